The van der Waals surface area contributed by atoms with Crippen molar-refractivity contribution in [2.45, 2.75) is 6.54 Å². The summed E-state index contributed by atoms with van der Waals surface area (Å²) in [6, 6.07) is 22.4. The number of aromatic nitrogens is 1. The van der Waals surface area contributed by atoms with Gasteiger partial charge in [0.1, 0.15) is 12.4 Å². The van der Waals surface area contributed by atoms with Crippen LogP contribution in [0.5, 0.6) is 5.75 Å². The van der Waals surface area contributed by atoms with Gasteiger partial charge in [-0.3, -0.25) is 4.98 Å². The SMILES string of the molecule is Nc1ccc(-c2ccc3c(c2)CN(c2ccnc4ccccc24)CCO3)cc1N. The number of nitrogen functional groups attached to an aromatic ring is 2. The third-order valence-corrected chi connectivity index (χ3v) is 5.43. The zero-order valence-electron chi connectivity index (χ0n) is 16.0. The molecule has 2 heterocycles. The fourth-order valence-electron chi connectivity index (χ4n) is 3.89. The van der Waals surface area contributed by atoms with Crippen LogP contribution in [0.25, 0.3) is 22.0 Å². The zero-order valence-corrected chi connectivity index (χ0v) is 16.0. The van der Waals surface area contributed by atoms with Crippen LogP contribution >= 0.6 is 0 Å². The van der Waals surface area contributed by atoms with Gasteiger partial charge in [0.05, 0.1) is 23.4 Å². The van der Waals surface area contributed by atoms with Gasteiger partial charge in [0.15, 0.2) is 0 Å². The van der Waals surface area contributed by atoms with Crippen molar-refractivity contribution in [1.29, 1.82) is 0 Å². The molecule has 0 aliphatic carbocycles. The molecule has 5 nitrogen and oxygen atoms in total. The number of anilines is 3. The van der Waals surface area contributed by atoms with Gasteiger partial charge in [-0.05, 0) is 47.5 Å². The second kappa shape index (κ2) is 7.02. The highest BCUT2D eigenvalue weighted by atomic mass is 16.5. The highest BCUT2D eigenvalue weighted by Crippen LogP contribution is 2.34. The van der Waals surface area contributed by atoms with E-state index in [4.69, 9.17) is 16.2 Å². The van der Waals surface area contributed by atoms with Gasteiger partial charge in [-0.25, -0.2) is 0 Å². The summed E-state index contributed by atoms with van der Waals surface area (Å²) in [7, 11) is 0. The van der Waals surface area contributed by atoms with E-state index in [-0.39, 0.29) is 0 Å². The maximum atomic E-state index is 6.04. The number of benzene rings is 3. The Morgan fingerprint density at radius 1 is 0.862 bits per heavy atom. The minimum atomic E-state index is 0.596. The Kier molecular flexibility index (Phi) is 4.21. The van der Waals surface area contributed by atoms with Gasteiger partial charge in [0.25, 0.3) is 0 Å². The molecule has 29 heavy (non-hydrogen) atoms. The third kappa shape index (κ3) is 3.21. The lowest BCUT2D eigenvalue weighted by Gasteiger charge is -2.23. The van der Waals surface area contributed by atoms with Crippen molar-refractivity contribution in [3.8, 4) is 16.9 Å². The van der Waals surface area contributed by atoms with Crippen LogP contribution in [0, 0.1) is 0 Å². The number of ether oxygens (including phenoxy) is 1. The maximum Gasteiger partial charge on any atom is 0.124 e. The monoisotopic (exact) mass is 382 g/mol. The molecule has 0 unspecified atom stereocenters. The summed E-state index contributed by atoms with van der Waals surface area (Å²) in [6.45, 7) is 2.21. The number of hydrogen-bond acceptors (Lipinski definition) is 5. The second-order valence-corrected chi connectivity index (χ2v) is 7.28. The predicted molar refractivity (Wildman–Crippen MR) is 119 cm³/mol. The number of nitrogens with zero attached hydrogens (tertiary/aromatic N) is 2. The van der Waals surface area contributed by atoms with Gasteiger partial charge < -0.3 is 21.1 Å². The van der Waals surface area contributed by atoms with Crippen LogP contribution in [0.2, 0.25) is 0 Å². The van der Waals surface area contributed by atoms with E-state index in [0.29, 0.717) is 18.0 Å². The van der Waals surface area contributed by atoms with Gasteiger partial charge in [0, 0.05) is 29.4 Å². The minimum absolute atomic E-state index is 0.596. The Bertz CT molecular complexity index is 1200. The Morgan fingerprint density at radius 3 is 2.59 bits per heavy atom. The Labute approximate surface area is 169 Å². The Hall–Kier alpha value is -3.73. The number of rotatable bonds is 2. The van der Waals surface area contributed by atoms with E-state index in [1.165, 1.54) is 5.69 Å². The van der Waals surface area contributed by atoms with Crippen molar-refractivity contribution in [3.05, 3.63) is 78.5 Å². The molecule has 4 N–H and O–H groups in total. The largest absolute Gasteiger partial charge is 0.491 e. The molecule has 1 aliphatic heterocycles. The molecule has 1 aromatic heterocycles. The minimum Gasteiger partial charge on any atom is -0.491 e. The lowest BCUT2D eigenvalue weighted by Crippen LogP contribution is -2.25. The summed E-state index contributed by atoms with van der Waals surface area (Å²) in [5.74, 6) is 0.929. The van der Waals surface area contributed by atoms with Crippen LogP contribution in [-0.4, -0.2) is 18.1 Å². The van der Waals surface area contributed by atoms with E-state index in [1.807, 2.05) is 42.6 Å². The smallest absolute Gasteiger partial charge is 0.124 e. The molecular formula is C24H22N4O. The molecule has 144 valence electrons. The van der Waals surface area contributed by atoms with Gasteiger partial charge in [-0.2, -0.15) is 0 Å². The first-order valence-corrected chi connectivity index (χ1v) is 9.69. The van der Waals surface area contributed by atoms with E-state index >= 15 is 0 Å². The molecule has 4 aromatic rings. The van der Waals surface area contributed by atoms with Crippen molar-refractivity contribution in [3.63, 3.8) is 0 Å². The summed E-state index contributed by atoms with van der Waals surface area (Å²) in [6.07, 6.45) is 1.87. The molecular weight excluding hydrogens is 360 g/mol. The zero-order chi connectivity index (χ0) is 19.8. The highest BCUT2D eigenvalue weighted by Gasteiger charge is 2.18. The molecule has 0 saturated carbocycles. The lowest BCUT2D eigenvalue weighted by atomic mass is 10.0. The van der Waals surface area contributed by atoms with Crippen molar-refractivity contribution < 1.29 is 4.74 Å². The molecule has 5 rings (SSSR count). The molecule has 5 heteroatoms. The van der Waals surface area contributed by atoms with E-state index in [2.05, 4.69) is 40.2 Å². The average molecular weight is 382 g/mol. The van der Waals surface area contributed by atoms with E-state index in [9.17, 15) is 0 Å². The fourth-order valence-corrected chi connectivity index (χ4v) is 3.89. The van der Waals surface area contributed by atoms with Crippen molar-refractivity contribution in [1.82, 2.24) is 4.98 Å². The second-order valence-electron chi connectivity index (χ2n) is 7.28. The van der Waals surface area contributed by atoms with Crippen LogP contribution in [0.1, 0.15) is 5.56 Å². The van der Waals surface area contributed by atoms with Crippen molar-refractivity contribution in [2.24, 2.45) is 0 Å². The summed E-state index contributed by atoms with van der Waals surface area (Å²) >= 11 is 0. The maximum absolute atomic E-state index is 6.04. The van der Waals surface area contributed by atoms with Crippen LogP contribution in [-0.2, 0) is 6.54 Å². The molecule has 1 aliphatic rings. The molecule has 0 amide bonds. The molecule has 3 aromatic carbocycles. The van der Waals surface area contributed by atoms with E-state index < -0.39 is 0 Å². The first-order valence-electron chi connectivity index (χ1n) is 9.69. The van der Waals surface area contributed by atoms with Crippen LogP contribution < -0.4 is 21.1 Å². The normalized spacial score (nSPS) is 13.6. The number of nitrogens with two attached hydrogens (primary N) is 2. The van der Waals surface area contributed by atoms with Gasteiger partial charge >= 0.3 is 0 Å². The number of fused-ring (bicyclic) bond motifs is 2. The van der Waals surface area contributed by atoms with Gasteiger partial charge in [0.2, 0.25) is 0 Å². The molecule has 0 radical (unpaired) electrons. The quantitative estimate of drug-likeness (QED) is 0.500. The van der Waals surface area contributed by atoms with Crippen LogP contribution in [0.15, 0.2) is 72.9 Å². The van der Waals surface area contributed by atoms with E-state index in [0.717, 1.165) is 46.4 Å². The fraction of sp³-hybridized carbons (Fsp3) is 0.125. The van der Waals surface area contributed by atoms with Gasteiger partial charge in [-0.15, -0.1) is 0 Å². The lowest BCUT2D eigenvalue weighted by molar-refractivity contribution is 0.332. The molecule has 0 bridgehead atoms. The summed E-state index contributed by atoms with van der Waals surface area (Å²) < 4.78 is 6.04. The van der Waals surface area contributed by atoms with Gasteiger partial charge in [-0.1, -0.05) is 30.3 Å². The summed E-state index contributed by atoms with van der Waals surface area (Å²) in [5, 5.41) is 1.15. The number of hydrogen-bond donors (Lipinski definition) is 2. The molecule has 0 saturated heterocycles. The first-order chi connectivity index (χ1) is 14.2. The Morgan fingerprint density at radius 2 is 1.69 bits per heavy atom. The van der Waals surface area contributed by atoms with Crippen LogP contribution in [0.4, 0.5) is 17.1 Å². The number of pyridine rings is 1. The summed E-state index contributed by atoms with van der Waals surface area (Å²) in [5.41, 5.74) is 18.5. The Balaban J connectivity index is 1.54. The van der Waals surface area contributed by atoms with Crippen LogP contribution in [0.3, 0.4) is 0 Å². The molecule has 0 atom stereocenters. The average Bonchev–Trinajstić information content (AvgIpc) is 2.97. The predicted octanol–water partition coefficient (Wildman–Crippen LogP) is 4.47. The van der Waals surface area contributed by atoms with E-state index in [1.54, 1.807) is 0 Å². The molecule has 0 spiro atoms. The molecule has 0 fully saturated rings. The first kappa shape index (κ1) is 17.4. The number of para-hydroxylation sites is 1. The third-order valence-electron chi connectivity index (χ3n) is 5.43. The highest BCUT2D eigenvalue weighted by molar-refractivity contribution is 5.91. The standard InChI is InChI=1S/C24H22N4O/c25-20-7-5-17(14-21(20)26)16-6-8-24-18(13-16)15-28(11-12-29-24)23-9-10-27-22-4-2-1-3-19(22)23/h1-10,13-14H,11-12,15,25-26H2. The topological polar surface area (TPSA) is 77.4 Å². The van der Waals surface area contributed by atoms with Crippen molar-refractivity contribution >= 4 is 28.0 Å². The summed E-state index contributed by atoms with van der Waals surface area (Å²) in [4.78, 5) is 6.85. The van der Waals surface area contributed by atoms with Crippen molar-refractivity contribution in [2.75, 3.05) is 29.5 Å².